The molecule has 0 atom stereocenters. The molecule has 2 rings (SSSR count). The lowest BCUT2D eigenvalue weighted by atomic mass is 10.5. The minimum atomic E-state index is 0.419. The number of ether oxygens (including phenoxy) is 1. The molecular formula is C7H8N4O. The number of aromatic nitrogens is 4. The van der Waals surface area contributed by atoms with Gasteiger partial charge in [0.25, 0.3) is 0 Å². The molecule has 0 unspecified atom stereocenters. The number of hydrogen-bond acceptors (Lipinski definition) is 4. The molecule has 0 bridgehead atoms. The Labute approximate surface area is 68.8 Å². The quantitative estimate of drug-likeness (QED) is 0.702. The summed E-state index contributed by atoms with van der Waals surface area (Å²) in [5.41, 5.74) is 1.52. The summed E-state index contributed by atoms with van der Waals surface area (Å²) in [6.07, 6.45) is 3.29. The SMILES string of the molecule is COCc1ncc2[nH]cnc2n1. The van der Waals surface area contributed by atoms with Crippen LogP contribution < -0.4 is 0 Å². The van der Waals surface area contributed by atoms with Gasteiger partial charge in [0.2, 0.25) is 0 Å². The zero-order chi connectivity index (χ0) is 8.39. The average molecular weight is 164 g/mol. The first-order chi connectivity index (χ1) is 5.90. The molecule has 2 aromatic heterocycles. The van der Waals surface area contributed by atoms with E-state index in [1.54, 1.807) is 19.6 Å². The summed E-state index contributed by atoms with van der Waals surface area (Å²) in [6.45, 7) is 0.419. The summed E-state index contributed by atoms with van der Waals surface area (Å²) in [5.74, 6) is 0.650. The van der Waals surface area contributed by atoms with Crippen LogP contribution >= 0.6 is 0 Å². The van der Waals surface area contributed by atoms with Crippen molar-refractivity contribution < 1.29 is 4.74 Å². The first-order valence-corrected chi connectivity index (χ1v) is 3.54. The standard InChI is InChI=1S/C7H8N4O/c1-12-3-6-8-2-5-7(11-6)10-4-9-5/h2,4H,3H2,1H3,(H,8,9,10,11). The molecule has 1 N–H and O–H groups in total. The molecule has 0 aliphatic rings. The fraction of sp³-hybridized carbons (Fsp3) is 0.286. The number of hydrogen-bond donors (Lipinski definition) is 1. The number of nitrogens with one attached hydrogen (secondary N) is 1. The average Bonchev–Trinajstić information content (AvgIpc) is 2.51. The zero-order valence-corrected chi connectivity index (χ0v) is 6.61. The fourth-order valence-electron chi connectivity index (χ4n) is 0.970. The van der Waals surface area contributed by atoms with Gasteiger partial charge in [-0.15, -0.1) is 0 Å². The molecule has 5 heteroatoms. The molecule has 5 nitrogen and oxygen atoms in total. The van der Waals surface area contributed by atoms with E-state index in [1.807, 2.05) is 0 Å². The summed E-state index contributed by atoms with van der Waals surface area (Å²) >= 11 is 0. The minimum absolute atomic E-state index is 0.419. The van der Waals surface area contributed by atoms with Crippen LogP contribution in [-0.4, -0.2) is 27.0 Å². The Morgan fingerprint density at radius 1 is 1.50 bits per heavy atom. The van der Waals surface area contributed by atoms with Crippen molar-refractivity contribution >= 4 is 11.2 Å². The molecule has 0 amide bonds. The molecule has 62 valence electrons. The topological polar surface area (TPSA) is 63.7 Å². The summed E-state index contributed by atoms with van der Waals surface area (Å²) < 4.78 is 4.89. The van der Waals surface area contributed by atoms with Crippen molar-refractivity contribution in [1.29, 1.82) is 0 Å². The molecule has 2 aromatic rings. The third-order valence-corrected chi connectivity index (χ3v) is 1.50. The second-order valence-electron chi connectivity index (χ2n) is 2.36. The molecule has 0 aliphatic carbocycles. The van der Waals surface area contributed by atoms with Crippen LogP contribution in [0, 0.1) is 0 Å². The lowest BCUT2D eigenvalue weighted by molar-refractivity contribution is 0.178. The number of fused-ring (bicyclic) bond motifs is 1. The largest absolute Gasteiger partial charge is 0.377 e. The van der Waals surface area contributed by atoms with Gasteiger partial charge < -0.3 is 9.72 Å². The van der Waals surface area contributed by atoms with E-state index >= 15 is 0 Å². The van der Waals surface area contributed by atoms with Crippen molar-refractivity contribution in [3.8, 4) is 0 Å². The van der Waals surface area contributed by atoms with Crippen LogP contribution in [0.2, 0.25) is 0 Å². The van der Waals surface area contributed by atoms with Crippen molar-refractivity contribution in [3.63, 3.8) is 0 Å². The highest BCUT2D eigenvalue weighted by atomic mass is 16.5. The summed E-state index contributed by atoms with van der Waals surface area (Å²) in [5, 5.41) is 0. The smallest absolute Gasteiger partial charge is 0.180 e. The van der Waals surface area contributed by atoms with Crippen LogP contribution in [0.1, 0.15) is 5.82 Å². The van der Waals surface area contributed by atoms with Crippen molar-refractivity contribution in [1.82, 2.24) is 19.9 Å². The maximum absolute atomic E-state index is 4.89. The highest BCUT2D eigenvalue weighted by Gasteiger charge is 1.99. The van der Waals surface area contributed by atoms with Gasteiger partial charge in [0.05, 0.1) is 12.5 Å². The van der Waals surface area contributed by atoms with Gasteiger partial charge in [-0.05, 0) is 0 Å². The Hall–Kier alpha value is -1.49. The Kier molecular flexibility index (Phi) is 1.71. The predicted molar refractivity (Wildman–Crippen MR) is 42.4 cm³/mol. The maximum Gasteiger partial charge on any atom is 0.180 e. The maximum atomic E-state index is 4.89. The van der Waals surface area contributed by atoms with Crippen LogP contribution in [0.25, 0.3) is 11.2 Å². The highest BCUT2D eigenvalue weighted by molar-refractivity contribution is 5.67. The van der Waals surface area contributed by atoms with Crippen LogP contribution in [-0.2, 0) is 11.3 Å². The first kappa shape index (κ1) is 7.17. The lowest BCUT2D eigenvalue weighted by Crippen LogP contribution is -1.95. The van der Waals surface area contributed by atoms with E-state index in [0.29, 0.717) is 18.1 Å². The van der Waals surface area contributed by atoms with Crippen molar-refractivity contribution in [2.45, 2.75) is 6.61 Å². The van der Waals surface area contributed by atoms with Gasteiger partial charge in [-0.3, -0.25) is 0 Å². The second kappa shape index (κ2) is 2.86. The molecule has 2 heterocycles. The molecule has 0 spiro atoms. The van der Waals surface area contributed by atoms with E-state index in [4.69, 9.17) is 4.74 Å². The van der Waals surface area contributed by atoms with Crippen molar-refractivity contribution in [2.75, 3.05) is 7.11 Å². The van der Waals surface area contributed by atoms with Gasteiger partial charge in [0, 0.05) is 7.11 Å². The van der Waals surface area contributed by atoms with E-state index in [0.717, 1.165) is 5.52 Å². The van der Waals surface area contributed by atoms with Crippen molar-refractivity contribution in [3.05, 3.63) is 18.3 Å². The van der Waals surface area contributed by atoms with Gasteiger partial charge in [-0.1, -0.05) is 0 Å². The van der Waals surface area contributed by atoms with Crippen LogP contribution in [0.5, 0.6) is 0 Å². The van der Waals surface area contributed by atoms with Gasteiger partial charge in [0.15, 0.2) is 11.5 Å². The second-order valence-corrected chi connectivity index (χ2v) is 2.36. The summed E-state index contributed by atoms with van der Waals surface area (Å²) in [4.78, 5) is 15.1. The number of nitrogens with zero attached hydrogens (tertiary/aromatic N) is 3. The van der Waals surface area contributed by atoms with Gasteiger partial charge >= 0.3 is 0 Å². The molecule has 12 heavy (non-hydrogen) atoms. The molecule has 0 aromatic carbocycles. The van der Waals surface area contributed by atoms with E-state index in [-0.39, 0.29) is 0 Å². The van der Waals surface area contributed by atoms with Crippen LogP contribution in [0.15, 0.2) is 12.5 Å². The molecule has 0 fully saturated rings. The van der Waals surface area contributed by atoms with Gasteiger partial charge in [0.1, 0.15) is 12.1 Å². The van der Waals surface area contributed by atoms with Gasteiger partial charge in [-0.2, -0.15) is 0 Å². The number of imidazole rings is 1. The van der Waals surface area contributed by atoms with Crippen LogP contribution in [0.4, 0.5) is 0 Å². The normalized spacial score (nSPS) is 10.8. The Balaban J connectivity index is 2.46. The lowest BCUT2D eigenvalue weighted by Gasteiger charge is -1.95. The fourth-order valence-corrected chi connectivity index (χ4v) is 0.970. The van der Waals surface area contributed by atoms with Crippen LogP contribution in [0.3, 0.4) is 0 Å². The first-order valence-electron chi connectivity index (χ1n) is 3.54. The number of H-pyrrole nitrogens is 1. The highest BCUT2D eigenvalue weighted by Crippen LogP contribution is 2.03. The molecular weight excluding hydrogens is 156 g/mol. The molecule has 0 aliphatic heterocycles. The van der Waals surface area contributed by atoms with Crippen molar-refractivity contribution in [2.24, 2.45) is 0 Å². The van der Waals surface area contributed by atoms with Gasteiger partial charge in [-0.25, -0.2) is 15.0 Å². The summed E-state index contributed by atoms with van der Waals surface area (Å²) in [6, 6.07) is 0. The zero-order valence-electron chi connectivity index (χ0n) is 6.61. The number of aromatic amines is 1. The van der Waals surface area contributed by atoms with E-state index < -0.39 is 0 Å². The monoisotopic (exact) mass is 164 g/mol. The molecule has 0 saturated carbocycles. The molecule has 0 radical (unpaired) electrons. The molecule has 0 saturated heterocycles. The Morgan fingerprint density at radius 2 is 2.42 bits per heavy atom. The Morgan fingerprint density at radius 3 is 3.25 bits per heavy atom. The summed E-state index contributed by atoms with van der Waals surface area (Å²) in [7, 11) is 1.61. The predicted octanol–water partition coefficient (Wildman–Crippen LogP) is 0.499. The third-order valence-electron chi connectivity index (χ3n) is 1.50. The van der Waals surface area contributed by atoms with E-state index in [9.17, 15) is 0 Å². The van der Waals surface area contributed by atoms with E-state index in [1.165, 1.54) is 0 Å². The third kappa shape index (κ3) is 1.14. The number of methoxy groups -OCH3 is 1. The Bertz CT molecular complexity index is 384. The van der Waals surface area contributed by atoms with E-state index in [2.05, 4.69) is 19.9 Å². The number of rotatable bonds is 2. The minimum Gasteiger partial charge on any atom is -0.377 e.